The number of amides is 1. The molecule has 2 aromatic carbocycles. The summed E-state index contributed by atoms with van der Waals surface area (Å²) in [6.07, 6.45) is 4.94. The van der Waals surface area contributed by atoms with Gasteiger partial charge < -0.3 is 19.6 Å². The molecule has 0 radical (unpaired) electrons. The Morgan fingerprint density at radius 2 is 1.88 bits per heavy atom. The first-order valence-corrected chi connectivity index (χ1v) is 12.1. The lowest BCUT2D eigenvalue weighted by atomic mass is 9.91. The normalized spacial score (nSPS) is 14.8. The number of carbonyl (C=O) groups is 1. The molecule has 1 amide bonds. The van der Waals surface area contributed by atoms with Crippen LogP contribution in [0.15, 0.2) is 53.5 Å². The maximum atomic E-state index is 13.5. The van der Waals surface area contributed by atoms with E-state index in [9.17, 15) is 14.7 Å². The van der Waals surface area contributed by atoms with Crippen molar-refractivity contribution < 1.29 is 14.6 Å². The van der Waals surface area contributed by atoms with E-state index in [-0.39, 0.29) is 17.6 Å². The number of hydrogen-bond acceptors (Lipinski definition) is 4. The second-order valence-electron chi connectivity index (χ2n) is 9.00. The lowest BCUT2D eigenvalue weighted by molar-refractivity contribution is 0.0665. The number of halogens is 1. The van der Waals surface area contributed by atoms with Crippen LogP contribution in [0.5, 0.6) is 0 Å². The Labute approximate surface area is 202 Å². The molecule has 1 aliphatic rings. The molecule has 4 aromatic rings. The predicted molar refractivity (Wildman–Crippen MR) is 133 cm³/mol. The van der Waals surface area contributed by atoms with Crippen LogP contribution in [0.4, 0.5) is 0 Å². The fourth-order valence-corrected chi connectivity index (χ4v) is 5.02. The van der Waals surface area contributed by atoms with E-state index in [1.807, 2.05) is 28.7 Å². The highest BCUT2D eigenvalue weighted by molar-refractivity contribution is 6.30. The van der Waals surface area contributed by atoms with E-state index in [4.69, 9.17) is 16.3 Å². The lowest BCUT2D eigenvalue weighted by Gasteiger charge is -2.22. The van der Waals surface area contributed by atoms with Crippen molar-refractivity contribution in [3.63, 3.8) is 0 Å². The summed E-state index contributed by atoms with van der Waals surface area (Å²) >= 11 is 5.94. The Kier molecular flexibility index (Phi) is 6.55. The molecule has 34 heavy (non-hydrogen) atoms. The summed E-state index contributed by atoms with van der Waals surface area (Å²) in [5.74, 6) is 0.103. The third kappa shape index (κ3) is 4.53. The monoisotopic (exact) mass is 478 g/mol. The summed E-state index contributed by atoms with van der Waals surface area (Å²) in [4.78, 5) is 26.6. The molecule has 1 fully saturated rings. The van der Waals surface area contributed by atoms with E-state index in [1.165, 1.54) is 0 Å². The van der Waals surface area contributed by atoms with Crippen LogP contribution < -0.4 is 10.7 Å². The zero-order chi connectivity index (χ0) is 23.7. The molecule has 5 rings (SSSR count). The number of aliphatic hydroxyl groups is 1. The van der Waals surface area contributed by atoms with Crippen molar-refractivity contribution in [2.24, 2.45) is 5.92 Å². The number of nitrogens with zero attached hydrogens (tertiary/aromatic N) is 1. The number of carbonyl (C=O) groups excluding carboxylic acids is 1. The van der Waals surface area contributed by atoms with Crippen molar-refractivity contribution in [3.8, 4) is 0 Å². The quantitative estimate of drug-likeness (QED) is 0.421. The lowest BCUT2D eigenvalue weighted by Crippen LogP contribution is -2.29. The van der Waals surface area contributed by atoms with E-state index in [0.29, 0.717) is 29.3 Å². The first-order chi connectivity index (χ1) is 16.5. The zero-order valence-corrected chi connectivity index (χ0v) is 19.6. The van der Waals surface area contributed by atoms with Crippen molar-refractivity contribution in [2.45, 2.75) is 32.2 Å². The van der Waals surface area contributed by atoms with Crippen LogP contribution >= 0.6 is 11.6 Å². The largest absolute Gasteiger partial charge is 0.396 e. The molecule has 2 N–H and O–H groups in total. The number of pyridine rings is 1. The van der Waals surface area contributed by atoms with Gasteiger partial charge >= 0.3 is 0 Å². The minimum Gasteiger partial charge on any atom is -0.396 e. The first-order valence-electron chi connectivity index (χ1n) is 11.7. The van der Waals surface area contributed by atoms with E-state index in [2.05, 4.69) is 11.4 Å². The summed E-state index contributed by atoms with van der Waals surface area (Å²) in [5, 5.41) is 14.6. The Morgan fingerprint density at radius 3 is 2.62 bits per heavy atom. The predicted octanol–water partition coefficient (Wildman–Crippen LogP) is 3.98. The molecule has 0 spiro atoms. The van der Waals surface area contributed by atoms with Crippen molar-refractivity contribution >= 4 is 33.8 Å². The Hall–Kier alpha value is -2.93. The SMILES string of the molecule is O=C(NCc1ccc(Cl)cc1)c1cn2c(CCO)cc3cc(CC4CCOCC4)cc(c1=O)c32. The molecule has 0 aliphatic carbocycles. The second-order valence-corrected chi connectivity index (χ2v) is 9.44. The van der Waals surface area contributed by atoms with Gasteiger partial charge in [0.25, 0.3) is 5.91 Å². The molecular weight excluding hydrogens is 452 g/mol. The topological polar surface area (TPSA) is 80.0 Å². The van der Waals surface area contributed by atoms with Crippen molar-refractivity contribution in [1.29, 1.82) is 0 Å². The van der Waals surface area contributed by atoms with Crippen LogP contribution in [0.25, 0.3) is 16.3 Å². The number of nitrogens with one attached hydrogen (secondary N) is 1. The molecule has 1 aliphatic heterocycles. The highest BCUT2D eigenvalue weighted by Gasteiger charge is 2.21. The van der Waals surface area contributed by atoms with Gasteiger partial charge in [-0.15, -0.1) is 0 Å². The molecule has 1 saturated heterocycles. The number of benzene rings is 2. The molecule has 176 valence electrons. The first kappa shape index (κ1) is 22.8. The molecular formula is C27H27ClN2O4. The molecule has 7 heteroatoms. The number of aliphatic hydroxyl groups excluding tert-OH is 1. The molecule has 2 aromatic heterocycles. The molecule has 0 atom stereocenters. The van der Waals surface area contributed by atoms with Gasteiger partial charge in [-0.05, 0) is 66.6 Å². The van der Waals surface area contributed by atoms with Crippen LogP contribution in [0.2, 0.25) is 5.02 Å². The summed E-state index contributed by atoms with van der Waals surface area (Å²) in [6.45, 7) is 1.83. The van der Waals surface area contributed by atoms with Crippen molar-refractivity contribution in [2.75, 3.05) is 19.8 Å². The second kappa shape index (κ2) is 9.74. The molecule has 0 unspecified atom stereocenters. The number of hydrogen-bond donors (Lipinski definition) is 2. The smallest absolute Gasteiger partial charge is 0.257 e. The molecule has 6 nitrogen and oxygen atoms in total. The average Bonchev–Trinajstić information content (AvgIpc) is 3.18. The summed E-state index contributed by atoms with van der Waals surface area (Å²) in [5.41, 5.74) is 3.49. The van der Waals surface area contributed by atoms with E-state index in [1.54, 1.807) is 18.3 Å². The zero-order valence-electron chi connectivity index (χ0n) is 18.9. The Balaban J connectivity index is 1.53. The maximum absolute atomic E-state index is 13.5. The van der Waals surface area contributed by atoms with E-state index < -0.39 is 5.91 Å². The third-order valence-electron chi connectivity index (χ3n) is 6.66. The summed E-state index contributed by atoms with van der Waals surface area (Å²) in [7, 11) is 0. The third-order valence-corrected chi connectivity index (χ3v) is 6.92. The highest BCUT2D eigenvalue weighted by Crippen LogP contribution is 2.28. The fourth-order valence-electron chi connectivity index (χ4n) is 4.89. The van der Waals surface area contributed by atoms with Gasteiger partial charge in [0, 0.05) is 60.5 Å². The van der Waals surface area contributed by atoms with Crippen LogP contribution in [-0.2, 0) is 24.1 Å². The number of aromatic nitrogens is 1. The van der Waals surface area contributed by atoms with Gasteiger partial charge in [0.2, 0.25) is 5.43 Å². The van der Waals surface area contributed by atoms with Gasteiger partial charge in [-0.25, -0.2) is 0 Å². The van der Waals surface area contributed by atoms with Crippen LogP contribution in [-0.4, -0.2) is 35.2 Å². The number of ether oxygens (including phenoxy) is 1. The standard InChI is InChI=1S/C27H27ClN2O4/c28-21-3-1-18(2-4-21)15-29-27(33)24-16-30-22(5-8-31)14-20-12-19(11-17-6-9-34-10-7-17)13-23(25(20)30)26(24)32/h1-4,12-14,16-17,31H,5-11,15H2,(H,29,33). The van der Waals surface area contributed by atoms with Crippen LogP contribution in [0.3, 0.4) is 0 Å². The van der Waals surface area contributed by atoms with Gasteiger partial charge in [-0.2, -0.15) is 0 Å². The number of rotatable bonds is 7. The Bertz CT molecular complexity index is 1370. The summed E-state index contributed by atoms with van der Waals surface area (Å²) in [6, 6.07) is 13.3. The summed E-state index contributed by atoms with van der Waals surface area (Å²) < 4.78 is 7.37. The van der Waals surface area contributed by atoms with Gasteiger partial charge in [0.05, 0.1) is 5.52 Å². The highest BCUT2D eigenvalue weighted by atomic mass is 35.5. The van der Waals surface area contributed by atoms with Crippen molar-refractivity contribution in [1.82, 2.24) is 9.72 Å². The maximum Gasteiger partial charge on any atom is 0.257 e. The minimum atomic E-state index is -0.419. The van der Waals surface area contributed by atoms with E-state index in [0.717, 1.165) is 60.2 Å². The Morgan fingerprint density at radius 1 is 1.12 bits per heavy atom. The average molecular weight is 479 g/mol. The van der Waals surface area contributed by atoms with Crippen LogP contribution in [0.1, 0.15) is 40.0 Å². The minimum absolute atomic E-state index is 0.0134. The molecule has 3 heterocycles. The van der Waals surface area contributed by atoms with Gasteiger partial charge in [0.15, 0.2) is 0 Å². The fraction of sp³-hybridized carbons (Fsp3) is 0.333. The molecule has 0 bridgehead atoms. The molecule has 0 saturated carbocycles. The van der Waals surface area contributed by atoms with Crippen molar-refractivity contribution in [3.05, 3.63) is 86.3 Å². The van der Waals surface area contributed by atoms with Gasteiger partial charge in [0.1, 0.15) is 5.56 Å². The van der Waals surface area contributed by atoms with E-state index >= 15 is 0 Å². The van der Waals surface area contributed by atoms with Crippen LogP contribution in [0, 0.1) is 5.92 Å². The van der Waals surface area contributed by atoms with Gasteiger partial charge in [-0.1, -0.05) is 23.7 Å². The van der Waals surface area contributed by atoms with Gasteiger partial charge in [-0.3, -0.25) is 9.59 Å².